The summed E-state index contributed by atoms with van der Waals surface area (Å²) in [5.74, 6) is -0.00503. The Hall–Kier alpha value is -3.45. The van der Waals surface area contributed by atoms with Gasteiger partial charge in [0.25, 0.3) is 5.56 Å². The lowest BCUT2D eigenvalue weighted by molar-refractivity contribution is -0.122. The number of fused-ring (bicyclic) bond motifs is 2. The number of rotatable bonds is 6. The van der Waals surface area contributed by atoms with Gasteiger partial charge in [-0.25, -0.2) is 9.36 Å². The molecule has 2 aromatic carbocycles. The van der Waals surface area contributed by atoms with Crippen molar-refractivity contribution in [3.05, 3.63) is 86.9 Å². The minimum Gasteiger partial charge on any atom is -0.349 e. The number of nitrogens with one attached hydrogen (secondary N) is 1. The minimum atomic E-state index is -0.256. The van der Waals surface area contributed by atoms with Gasteiger partial charge in [0.2, 0.25) is 5.91 Å². The van der Waals surface area contributed by atoms with Crippen LogP contribution in [0.2, 0.25) is 5.02 Å². The number of benzene rings is 2. The molecule has 1 aliphatic carbocycles. The van der Waals surface area contributed by atoms with Crippen LogP contribution in [0.25, 0.3) is 16.6 Å². The highest BCUT2D eigenvalue weighted by Crippen LogP contribution is 2.30. The zero-order valence-electron chi connectivity index (χ0n) is 18.3. The van der Waals surface area contributed by atoms with Gasteiger partial charge in [0.15, 0.2) is 5.52 Å². The summed E-state index contributed by atoms with van der Waals surface area (Å²) in [6.07, 6.45) is 4.58. The van der Waals surface area contributed by atoms with Crippen LogP contribution in [0.15, 0.2) is 59.5 Å². The SMILES string of the molecule is Cc1nn(CCCC(=O)NC2CCc3ccccc32)c(=O)c2nn(-c3ccc(Cl)cc3)cc12. The minimum absolute atomic E-state index is 0.00503. The summed E-state index contributed by atoms with van der Waals surface area (Å²) in [7, 11) is 0. The van der Waals surface area contributed by atoms with E-state index in [1.165, 1.54) is 15.8 Å². The zero-order valence-corrected chi connectivity index (χ0v) is 19.0. The first kappa shape index (κ1) is 21.4. The van der Waals surface area contributed by atoms with E-state index in [-0.39, 0.29) is 17.5 Å². The first-order valence-electron chi connectivity index (χ1n) is 11.1. The van der Waals surface area contributed by atoms with Gasteiger partial charge in [-0.3, -0.25) is 9.59 Å². The quantitative estimate of drug-likeness (QED) is 0.468. The van der Waals surface area contributed by atoms with Gasteiger partial charge >= 0.3 is 0 Å². The fraction of sp³-hybridized carbons (Fsp3) is 0.280. The molecule has 1 aliphatic rings. The Morgan fingerprint density at radius 1 is 1.15 bits per heavy atom. The molecule has 0 radical (unpaired) electrons. The van der Waals surface area contributed by atoms with Crippen molar-refractivity contribution >= 4 is 28.4 Å². The summed E-state index contributed by atoms with van der Waals surface area (Å²) in [5.41, 5.74) is 4.15. The van der Waals surface area contributed by atoms with Gasteiger partial charge in [-0.2, -0.15) is 10.2 Å². The molecule has 1 amide bonds. The molecule has 1 unspecified atom stereocenters. The Balaban J connectivity index is 1.26. The molecule has 8 heteroatoms. The van der Waals surface area contributed by atoms with Crippen LogP contribution < -0.4 is 10.9 Å². The van der Waals surface area contributed by atoms with E-state index >= 15 is 0 Å². The van der Waals surface area contributed by atoms with Gasteiger partial charge in [0, 0.05) is 29.6 Å². The second kappa shape index (κ2) is 8.83. The molecule has 0 aliphatic heterocycles. The third kappa shape index (κ3) is 4.28. The van der Waals surface area contributed by atoms with Crippen molar-refractivity contribution in [3.8, 4) is 5.69 Å². The highest BCUT2D eigenvalue weighted by Gasteiger charge is 2.23. The molecule has 0 spiro atoms. The largest absolute Gasteiger partial charge is 0.349 e. The van der Waals surface area contributed by atoms with Crippen LogP contribution in [0.3, 0.4) is 0 Å². The first-order valence-corrected chi connectivity index (χ1v) is 11.5. The lowest BCUT2D eigenvalue weighted by Gasteiger charge is -2.14. The Labute approximate surface area is 196 Å². The highest BCUT2D eigenvalue weighted by molar-refractivity contribution is 6.30. The van der Waals surface area contributed by atoms with Crippen LogP contribution in [0.4, 0.5) is 0 Å². The van der Waals surface area contributed by atoms with Crippen LogP contribution in [-0.2, 0) is 17.8 Å². The maximum atomic E-state index is 13.0. The van der Waals surface area contributed by atoms with Gasteiger partial charge in [0.1, 0.15) is 0 Å². The molecule has 168 valence electrons. The van der Waals surface area contributed by atoms with Crippen LogP contribution in [0, 0.1) is 6.92 Å². The number of halogens is 1. The van der Waals surface area contributed by atoms with E-state index in [2.05, 4.69) is 27.6 Å². The maximum Gasteiger partial charge on any atom is 0.295 e. The summed E-state index contributed by atoms with van der Waals surface area (Å²) in [6, 6.07) is 15.6. The summed E-state index contributed by atoms with van der Waals surface area (Å²) in [5, 5.41) is 13.4. The predicted molar refractivity (Wildman–Crippen MR) is 128 cm³/mol. The molecule has 5 rings (SSSR count). The predicted octanol–water partition coefficient (Wildman–Crippen LogP) is 4.13. The smallest absolute Gasteiger partial charge is 0.295 e. The van der Waals surface area contributed by atoms with Crippen molar-refractivity contribution in [2.45, 2.75) is 45.2 Å². The number of carbonyl (C=O) groups excluding carboxylic acids is 1. The number of carbonyl (C=O) groups is 1. The first-order chi connectivity index (χ1) is 16.0. The molecule has 7 nitrogen and oxygen atoms in total. The summed E-state index contributed by atoms with van der Waals surface area (Å²) >= 11 is 5.97. The lowest BCUT2D eigenvalue weighted by Crippen LogP contribution is -2.28. The van der Waals surface area contributed by atoms with Crippen molar-refractivity contribution < 1.29 is 4.79 Å². The molecule has 1 N–H and O–H groups in total. The van der Waals surface area contributed by atoms with E-state index in [4.69, 9.17) is 11.6 Å². The van der Waals surface area contributed by atoms with Crippen LogP contribution in [-0.4, -0.2) is 25.5 Å². The molecule has 0 saturated carbocycles. The number of hydrogen-bond acceptors (Lipinski definition) is 4. The van der Waals surface area contributed by atoms with Crippen molar-refractivity contribution in [1.29, 1.82) is 0 Å². The summed E-state index contributed by atoms with van der Waals surface area (Å²) in [4.78, 5) is 25.5. The van der Waals surface area contributed by atoms with Crippen molar-refractivity contribution in [2.24, 2.45) is 0 Å². The Bertz CT molecular complexity index is 1390. The van der Waals surface area contributed by atoms with Crippen molar-refractivity contribution in [1.82, 2.24) is 24.9 Å². The molecule has 4 aromatic rings. The van der Waals surface area contributed by atoms with Gasteiger partial charge in [-0.1, -0.05) is 35.9 Å². The van der Waals surface area contributed by atoms with E-state index in [0.717, 1.165) is 24.2 Å². The van der Waals surface area contributed by atoms with Crippen LogP contribution in [0.1, 0.15) is 42.1 Å². The third-order valence-electron chi connectivity index (χ3n) is 6.14. The van der Waals surface area contributed by atoms with Crippen LogP contribution in [0.5, 0.6) is 0 Å². The van der Waals surface area contributed by atoms with Gasteiger partial charge in [-0.15, -0.1) is 0 Å². The molecule has 0 saturated heterocycles. The Morgan fingerprint density at radius 3 is 2.76 bits per heavy atom. The maximum absolute atomic E-state index is 13.0. The highest BCUT2D eigenvalue weighted by atomic mass is 35.5. The monoisotopic (exact) mass is 461 g/mol. The number of aromatic nitrogens is 4. The molecular weight excluding hydrogens is 438 g/mol. The second-order valence-electron chi connectivity index (χ2n) is 8.39. The standard InChI is InChI=1S/C25H24ClN5O2/c1-16-21-15-31(19-11-9-18(26)10-12-19)29-24(21)25(33)30(28-16)14-4-7-23(32)27-22-13-8-17-5-2-3-6-20(17)22/h2-3,5-6,9-12,15,22H,4,7-8,13-14H2,1H3,(H,27,32). The second-order valence-corrected chi connectivity index (χ2v) is 8.82. The third-order valence-corrected chi connectivity index (χ3v) is 6.40. The number of aryl methyl sites for hydroxylation is 3. The Kier molecular flexibility index (Phi) is 5.72. The number of hydrogen-bond donors (Lipinski definition) is 1. The van der Waals surface area contributed by atoms with E-state index in [1.54, 1.807) is 23.0 Å². The van der Waals surface area contributed by atoms with E-state index in [0.29, 0.717) is 35.3 Å². The van der Waals surface area contributed by atoms with Crippen molar-refractivity contribution in [3.63, 3.8) is 0 Å². The summed E-state index contributed by atoms with van der Waals surface area (Å²) in [6.45, 7) is 2.22. The molecule has 0 fully saturated rings. The zero-order chi connectivity index (χ0) is 22.9. The van der Waals surface area contributed by atoms with Gasteiger partial charge in [0.05, 0.1) is 17.4 Å². The molecule has 2 aromatic heterocycles. The number of nitrogens with zero attached hydrogens (tertiary/aromatic N) is 4. The molecule has 2 heterocycles. The normalized spacial score (nSPS) is 15.0. The average Bonchev–Trinajstić information content (AvgIpc) is 3.43. The average molecular weight is 462 g/mol. The fourth-order valence-electron chi connectivity index (χ4n) is 4.44. The molecule has 0 bridgehead atoms. The summed E-state index contributed by atoms with van der Waals surface area (Å²) < 4.78 is 3.07. The van der Waals surface area contributed by atoms with Gasteiger partial charge in [-0.05, 0) is 61.6 Å². The van der Waals surface area contributed by atoms with E-state index in [1.807, 2.05) is 31.2 Å². The van der Waals surface area contributed by atoms with Crippen molar-refractivity contribution in [2.75, 3.05) is 0 Å². The lowest BCUT2D eigenvalue weighted by atomic mass is 10.1. The van der Waals surface area contributed by atoms with Gasteiger partial charge < -0.3 is 5.32 Å². The van der Waals surface area contributed by atoms with Crippen LogP contribution >= 0.6 is 11.6 Å². The molecule has 33 heavy (non-hydrogen) atoms. The van der Waals surface area contributed by atoms with E-state index < -0.39 is 0 Å². The van der Waals surface area contributed by atoms with E-state index in [9.17, 15) is 9.59 Å². The number of amides is 1. The molecule has 1 atom stereocenters. The molecular formula is C25H24ClN5O2. The Morgan fingerprint density at radius 2 is 1.94 bits per heavy atom. The fourth-order valence-corrected chi connectivity index (χ4v) is 4.57. The topological polar surface area (TPSA) is 81.8 Å².